The van der Waals surface area contributed by atoms with Gasteiger partial charge >= 0.3 is 5.97 Å². The Hall–Kier alpha value is -2.42. The van der Waals surface area contributed by atoms with Gasteiger partial charge in [-0.25, -0.2) is 9.80 Å². The van der Waals surface area contributed by atoms with E-state index in [4.69, 9.17) is 16.3 Å². The van der Waals surface area contributed by atoms with Gasteiger partial charge in [0.25, 0.3) is 0 Å². The monoisotopic (exact) mass is 473 g/mol. The summed E-state index contributed by atoms with van der Waals surface area (Å²) in [4.78, 5) is 27.8. The van der Waals surface area contributed by atoms with Crippen LogP contribution in [0.15, 0.2) is 70.3 Å². The highest BCUT2D eigenvalue weighted by Crippen LogP contribution is 2.60. The third kappa shape index (κ3) is 3.84. The smallest absolute Gasteiger partial charge is 0.365 e. The Balaban J connectivity index is 1.90. The van der Waals surface area contributed by atoms with Gasteiger partial charge in [0.15, 0.2) is 5.78 Å². The number of benzene rings is 2. The largest absolute Gasteiger partial charge is 0.461 e. The number of anilines is 2. The van der Waals surface area contributed by atoms with E-state index < -0.39 is 10.3 Å². The highest BCUT2D eigenvalue weighted by atomic mass is 35.5. The Morgan fingerprint density at radius 2 is 1.81 bits per heavy atom. The molecule has 0 amide bonds. The quantitative estimate of drug-likeness (QED) is 0.534. The SMILES string of the molecule is CCOC(=O)C1=NN(c2cccc(Cl)c2)[C@]2(S1)SC(C(C)=O)=C(C)N2c1ccccc1. The van der Waals surface area contributed by atoms with Gasteiger partial charge in [-0.05, 0) is 62.9 Å². The number of carbonyl (C=O) groups is 2. The molecule has 0 saturated carbocycles. The fraction of sp³-hybridized carbons (Fsp3) is 0.227. The van der Waals surface area contributed by atoms with Crippen molar-refractivity contribution in [2.45, 2.75) is 25.1 Å². The lowest BCUT2D eigenvalue weighted by molar-refractivity contribution is -0.134. The normalized spacial score (nSPS) is 20.5. The van der Waals surface area contributed by atoms with Crippen LogP contribution in [0.3, 0.4) is 0 Å². The fourth-order valence-corrected chi connectivity index (χ4v) is 6.61. The molecule has 0 unspecified atom stereocenters. The summed E-state index contributed by atoms with van der Waals surface area (Å²) in [6, 6.07) is 17.0. The number of hydrogen-bond acceptors (Lipinski definition) is 8. The van der Waals surface area contributed by atoms with Crippen LogP contribution in [0.5, 0.6) is 0 Å². The van der Waals surface area contributed by atoms with E-state index in [-0.39, 0.29) is 17.4 Å². The molecule has 160 valence electrons. The average Bonchev–Trinajstić information content (AvgIpc) is 3.27. The molecule has 0 aromatic heterocycles. The molecule has 4 rings (SSSR count). The lowest BCUT2D eigenvalue weighted by Crippen LogP contribution is -2.49. The van der Waals surface area contributed by atoms with E-state index in [0.717, 1.165) is 11.4 Å². The number of Topliss-reactive ketones (excluding diaryl/α,β-unsaturated/α-hetero) is 1. The number of ketones is 1. The third-order valence-corrected chi connectivity index (χ3v) is 7.91. The first-order valence-electron chi connectivity index (χ1n) is 9.64. The number of esters is 1. The number of para-hydroxylation sites is 1. The number of hydrazone groups is 1. The number of hydrogen-bond donors (Lipinski definition) is 0. The second-order valence-electron chi connectivity index (χ2n) is 6.81. The number of halogens is 1. The van der Waals surface area contributed by atoms with Crippen LogP contribution in [0, 0.1) is 0 Å². The van der Waals surface area contributed by atoms with Gasteiger partial charge < -0.3 is 9.64 Å². The highest BCUT2D eigenvalue weighted by Gasteiger charge is 2.57. The number of nitrogens with zero attached hydrogens (tertiary/aromatic N) is 3. The Labute approximate surface area is 194 Å². The molecule has 2 aliphatic heterocycles. The van der Waals surface area contributed by atoms with E-state index in [1.54, 1.807) is 31.0 Å². The summed E-state index contributed by atoms with van der Waals surface area (Å²) < 4.78 is 4.27. The summed E-state index contributed by atoms with van der Waals surface area (Å²) in [5, 5.41) is 7.14. The molecule has 1 atom stereocenters. The number of thioether (sulfide) groups is 2. The van der Waals surface area contributed by atoms with Crippen molar-refractivity contribution < 1.29 is 14.3 Å². The Morgan fingerprint density at radius 1 is 1.10 bits per heavy atom. The van der Waals surface area contributed by atoms with Crippen molar-refractivity contribution in [3.8, 4) is 0 Å². The zero-order valence-electron chi connectivity index (χ0n) is 17.2. The molecule has 6 nitrogen and oxygen atoms in total. The molecular weight excluding hydrogens is 454 g/mol. The summed E-state index contributed by atoms with van der Waals surface area (Å²) in [7, 11) is 0. The lowest BCUT2D eigenvalue weighted by Gasteiger charge is -2.41. The number of rotatable bonds is 5. The van der Waals surface area contributed by atoms with Crippen molar-refractivity contribution >= 4 is 63.3 Å². The highest BCUT2D eigenvalue weighted by molar-refractivity contribution is 8.29. The first-order chi connectivity index (χ1) is 14.9. The van der Waals surface area contributed by atoms with E-state index >= 15 is 0 Å². The molecule has 0 N–H and O–H groups in total. The summed E-state index contributed by atoms with van der Waals surface area (Å²) in [6.45, 7) is 5.45. The summed E-state index contributed by atoms with van der Waals surface area (Å²) in [6.07, 6.45) is 0. The fourth-order valence-electron chi connectivity index (χ4n) is 3.48. The van der Waals surface area contributed by atoms with Crippen LogP contribution in [0.25, 0.3) is 0 Å². The van der Waals surface area contributed by atoms with Crippen molar-refractivity contribution in [1.29, 1.82) is 0 Å². The Kier molecular flexibility index (Phi) is 6.05. The van der Waals surface area contributed by atoms with Crippen molar-refractivity contribution in [1.82, 2.24) is 0 Å². The molecule has 0 fully saturated rings. The van der Waals surface area contributed by atoms with Gasteiger partial charge in [-0.3, -0.25) is 4.79 Å². The molecule has 0 bridgehead atoms. The van der Waals surface area contributed by atoms with Crippen molar-refractivity contribution in [3.05, 3.63) is 70.2 Å². The van der Waals surface area contributed by atoms with Gasteiger partial charge in [0.05, 0.1) is 17.2 Å². The van der Waals surface area contributed by atoms with Gasteiger partial charge in [-0.1, -0.05) is 47.6 Å². The number of carbonyl (C=O) groups excluding carboxylic acids is 2. The van der Waals surface area contributed by atoms with Crippen LogP contribution in [0.4, 0.5) is 11.4 Å². The van der Waals surface area contributed by atoms with E-state index in [9.17, 15) is 9.59 Å². The predicted octanol–water partition coefficient (Wildman–Crippen LogP) is 5.46. The van der Waals surface area contributed by atoms with Gasteiger partial charge in [0.1, 0.15) is 0 Å². The molecule has 9 heteroatoms. The maximum absolute atomic E-state index is 12.6. The molecule has 0 saturated heterocycles. The molecule has 2 aromatic rings. The zero-order valence-corrected chi connectivity index (χ0v) is 19.6. The second-order valence-corrected chi connectivity index (χ2v) is 9.85. The van der Waals surface area contributed by atoms with E-state index in [0.29, 0.717) is 15.6 Å². The molecule has 31 heavy (non-hydrogen) atoms. The molecule has 0 radical (unpaired) electrons. The Morgan fingerprint density at radius 3 is 2.45 bits per heavy atom. The van der Waals surface area contributed by atoms with Gasteiger partial charge in [0.2, 0.25) is 9.37 Å². The van der Waals surface area contributed by atoms with Crippen LogP contribution in [0.1, 0.15) is 20.8 Å². The van der Waals surface area contributed by atoms with Crippen LogP contribution in [0.2, 0.25) is 5.02 Å². The Bertz CT molecular complexity index is 1110. The number of ether oxygens (including phenoxy) is 1. The summed E-state index contributed by atoms with van der Waals surface area (Å²) in [5.74, 6) is -0.546. The van der Waals surface area contributed by atoms with Gasteiger partial charge in [-0.2, -0.15) is 5.10 Å². The van der Waals surface area contributed by atoms with E-state index in [2.05, 4.69) is 5.10 Å². The standard InChI is InChI=1S/C22H20ClN3O3S2/c1-4-29-21(28)20-24-26(18-12-8-9-16(23)13-18)22(31-20)25(17-10-6-5-7-11-17)14(2)19(30-22)15(3)27/h5-13H,4H2,1-3H3/t22-/m0/s1. The first kappa shape index (κ1) is 21.8. The molecule has 1 spiro atoms. The van der Waals surface area contributed by atoms with Crippen LogP contribution < -0.4 is 9.91 Å². The third-order valence-electron chi connectivity index (χ3n) is 4.71. The molecule has 0 aliphatic carbocycles. The minimum atomic E-state index is -0.959. The van der Waals surface area contributed by atoms with Crippen molar-refractivity contribution in [2.24, 2.45) is 5.10 Å². The maximum atomic E-state index is 12.6. The molecule has 2 aliphatic rings. The van der Waals surface area contributed by atoms with Gasteiger partial charge in [-0.15, -0.1) is 0 Å². The first-order valence-corrected chi connectivity index (χ1v) is 11.6. The maximum Gasteiger partial charge on any atom is 0.365 e. The summed E-state index contributed by atoms with van der Waals surface area (Å²) >= 11 is 8.90. The topological polar surface area (TPSA) is 62.2 Å². The van der Waals surface area contributed by atoms with E-state index in [1.807, 2.05) is 54.3 Å². The molecule has 2 aromatic carbocycles. The summed E-state index contributed by atoms with van der Waals surface area (Å²) in [5.41, 5.74) is 2.37. The average molecular weight is 474 g/mol. The number of allylic oxidation sites excluding steroid dienone is 2. The predicted molar refractivity (Wildman–Crippen MR) is 128 cm³/mol. The van der Waals surface area contributed by atoms with Crippen LogP contribution in [-0.2, 0) is 14.3 Å². The van der Waals surface area contributed by atoms with Gasteiger partial charge in [0, 0.05) is 16.4 Å². The van der Waals surface area contributed by atoms with Crippen LogP contribution in [-0.4, -0.2) is 27.7 Å². The van der Waals surface area contributed by atoms with Crippen molar-refractivity contribution in [3.63, 3.8) is 0 Å². The second kappa shape index (κ2) is 8.61. The van der Waals surface area contributed by atoms with Crippen LogP contribution >= 0.6 is 35.1 Å². The molecular formula is C22H20ClN3O3S2. The van der Waals surface area contributed by atoms with Crippen molar-refractivity contribution in [2.75, 3.05) is 16.5 Å². The van der Waals surface area contributed by atoms with E-state index in [1.165, 1.54) is 23.5 Å². The lowest BCUT2D eigenvalue weighted by atomic mass is 10.2. The minimum Gasteiger partial charge on any atom is -0.461 e. The molecule has 2 heterocycles. The zero-order chi connectivity index (χ0) is 22.2. The minimum absolute atomic E-state index is 0.0449.